The third-order valence-corrected chi connectivity index (χ3v) is 7.47. The van der Waals surface area contributed by atoms with Crippen LogP contribution in [0.25, 0.3) is 5.69 Å². The van der Waals surface area contributed by atoms with Crippen molar-refractivity contribution in [2.24, 2.45) is 11.8 Å². The molecule has 0 bridgehead atoms. The SMILES string of the molecule is CN(C(=O)C1CC1)C(Cc1ccc(F)cc1F)C1CCN(C(=O)c2ccc(-n3cccn3)cc2)CC1. The fourth-order valence-electron chi connectivity index (χ4n) is 5.16. The molecule has 1 aliphatic heterocycles. The Bertz CT molecular complexity index is 1220. The first kappa shape index (κ1) is 24.2. The molecule has 1 aliphatic carbocycles. The minimum atomic E-state index is -0.611. The van der Waals surface area contributed by atoms with Gasteiger partial charge in [0.15, 0.2) is 0 Å². The molecule has 2 aromatic carbocycles. The number of benzene rings is 2. The molecule has 2 aliphatic rings. The van der Waals surface area contributed by atoms with E-state index in [1.807, 2.05) is 41.4 Å². The highest BCUT2D eigenvalue weighted by molar-refractivity contribution is 5.94. The number of hydrogen-bond acceptors (Lipinski definition) is 3. The predicted molar refractivity (Wildman–Crippen MR) is 132 cm³/mol. The van der Waals surface area contributed by atoms with Crippen molar-refractivity contribution in [3.05, 3.63) is 83.7 Å². The zero-order chi connectivity index (χ0) is 25.2. The zero-order valence-corrected chi connectivity index (χ0v) is 20.3. The number of amides is 2. The number of hydrogen-bond donors (Lipinski definition) is 0. The average molecular weight is 493 g/mol. The maximum Gasteiger partial charge on any atom is 0.253 e. The van der Waals surface area contributed by atoms with E-state index in [-0.39, 0.29) is 29.7 Å². The van der Waals surface area contributed by atoms with E-state index in [9.17, 15) is 18.4 Å². The summed E-state index contributed by atoms with van der Waals surface area (Å²) in [5.74, 6) is -0.948. The number of carbonyl (C=O) groups excluding carboxylic acids is 2. The number of carbonyl (C=O) groups is 2. The molecule has 1 atom stereocenters. The summed E-state index contributed by atoms with van der Waals surface area (Å²) in [6.45, 7) is 1.14. The van der Waals surface area contributed by atoms with Gasteiger partial charge in [0, 0.05) is 56.1 Å². The monoisotopic (exact) mass is 492 g/mol. The molecule has 1 saturated carbocycles. The average Bonchev–Trinajstić information content (AvgIpc) is 3.60. The lowest BCUT2D eigenvalue weighted by atomic mass is 9.84. The van der Waals surface area contributed by atoms with Gasteiger partial charge in [0.25, 0.3) is 5.91 Å². The molecule has 2 heterocycles. The second kappa shape index (κ2) is 10.2. The Morgan fingerprint density at radius 2 is 1.78 bits per heavy atom. The standard InChI is InChI=1S/C28H30F2N4O2/c1-32(27(35)20-3-4-20)26(17-22-5-8-23(29)18-25(22)30)19-11-15-33(16-12-19)28(36)21-6-9-24(10-7-21)34-14-2-13-31-34/h2,5-10,13-14,18-20,26H,3-4,11-12,15-17H2,1H3. The smallest absolute Gasteiger partial charge is 0.253 e. The van der Waals surface area contributed by atoms with Crippen LogP contribution in [0, 0.1) is 23.5 Å². The summed E-state index contributed by atoms with van der Waals surface area (Å²) < 4.78 is 29.7. The van der Waals surface area contributed by atoms with E-state index < -0.39 is 11.6 Å². The highest BCUT2D eigenvalue weighted by Gasteiger charge is 2.38. The van der Waals surface area contributed by atoms with Crippen LogP contribution < -0.4 is 0 Å². The molecule has 1 saturated heterocycles. The lowest BCUT2D eigenvalue weighted by Crippen LogP contribution is -2.49. The molecule has 188 valence electrons. The van der Waals surface area contributed by atoms with Crippen molar-refractivity contribution in [1.82, 2.24) is 19.6 Å². The van der Waals surface area contributed by atoms with Crippen molar-refractivity contribution in [3.8, 4) is 5.69 Å². The summed E-state index contributed by atoms with van der Waals surface area (Å²) in [5, 5.41) is 4.21. The van der Waals surface area contributed by atoms with E-state index in [2.05, 4.69) is 5.10 Å². The van der Waals surface area contributed by atoms with E-state index in [0.717, 1.165) is 24.6 Å². The number of piperidine rings is 1. The van der Waals surface area contributed by atoms with Crippen LogP contribution in [0.1, 0.15) is 41.6 Å². The lowest BCUT2D eigenvalue weighted by molar-refractivity contribution is -0.134. The molecular weight excluding hydrogens is 462 g/mol. The van der Waals surface area contributed by atoms with Crippen molar-refractivity contribution < 1.29 is 18.4 Å². The number of aromatic nitrogens is 2. The van der Waals surface area contributed by atoms with Crippen LogP contribution in [0.2, 0.25) is 0 Å². The summed E-state index contributed by atoms with van der Waals surface area (Å²) in [7, 11) is 1.80. The molecule has 2 fully saturated rings. The predicted octanol–water partition coefficient (Wildman–Crippen LogP) is 4.48. The van der Waals surface area contributed by atoms with Gasteiger partial charge in [-0.3, -0.25) is 9.59 Å². The van der Waals surface area contributed by atoms with Crippen molar-refractivity contribution in [2.45, 2.75) is 38.1 Å². The molecule has 0 N–H and O–H groups in total. The molecule has 6 nitrogen and oxygen atoms in total. The number of rotatable bonds is 7. The van der Waals surface area contributed by atoms with Gasteiger partial charge in [-0.05, 0) is 80.0 Å². The van der Waals surface area contributed by atoms with E-state index in [4.69, 9.17) is 0 Å². The Morgan fingerprint density at radius 3 is 2.39 bits per heavy atom. The van der Waals surface area contributed by atoms with Crippen molar-refractivity contribution >= 4 is 11.8 Å². The quantitative estimate of drug-likeness (QED) is 0.489. The second-order valence-corrected chi connectivity index (χ2v) is 9.86. The first-order chi connectivity index (χ1) is 17.4. The molecule has 5 rings (SSSR count). The van der Waals surface area contributed by atoms with Crippen LogP contribution in [0.4, 0.5) is 8.78 Å². The van der Waals surface area contributed by atoms with Gasteiger partial charge in [0.05, 0.1) is 5.69 Å². The molecule has 8 heteroatoms. The number of likely N-dealkylation sites (N-methyl/N-ethyl adjacent to an activating group) is 1. The van der Waals surface area contributed by atoms with Crippen molar-refractivity contribution in [1.29, 1.82) is 0 Å². The van der Waals surface area contributed by atoms with E-state index >= 15 is 0 Å². The van der Waals surface area contributed by atoms with Gasteiger partial charge in [-0.25, -0.2) is 13.5 Å². The number of nitrogens with zero attached hydrogens (tertiary/aromatic N) is 4. The summed E-state index contributed by atoms with van der Waals surface area (Å²) in [6, 6.07) is 12.6. The van der Waals surface area contributed by atoms with Crippen molar-refractivity contribution in [3.63, 3.8) is 0 Å². The van der Waals surface area contributed by atoms with Gasteiger partial charge in [-0.15, -0.1) is 0 Å². The highest BCUT2D eigenvalue weighted by Crippen LogP contribution is 2.34. The summed E-state index contributed by atoms with van der Waals surface area (Å²) in [6.07, 6.45) is 7.10. The minimum absolute atomic E-state index is 0.0241. The number of halogens is 2. The van der Waals surface area contributed by atoms with Gasteiger partial charge < -0.3 is 9.80 Å². The minimum Gasteiger partial charge on any atom is -0.342 e. The van der Waals surface area contributed by atoms with E-state index in [1.165, 1.54) is 12.1 Å². The van der Waals surface area contributed by atoms with Gasteiger partial charge in [-0.1, -0.05) is 6.07 Å². The maximum absolute atomic E-state index is 14.5. The van der Waals surface area contributed by atoms with E-state index in [0.29, 0.717) is 43.5 Å². The Labute approximate surface area is 209 Å². The molecular formula is C28H30F2N4O2. The molecule has 2 amide bonds. The Morgan fingerprint density at radius 1 is 1.06 bits per heavy atom. The lowest BCUT2D eigenvalue weighted by Gasteiger charge is -2.40. The Hall–Kier alpha value is -3.55. The van der Waals surface area contributed by atoms with Crippen molar-refractivity contribution in [2.75, 3.05) is 20.1 Å². The largest absolute Gasteiger partial charge is 0.342 e. The maximum atomic E-state index is 14.5. The molecule has 1 unspecified atom stereocenters. The molecule has 0 radical (unpaired) electrons. The van der Waals surface area contributed by atoms with Crippen LogP contribution in [-0.4, -0.2) is 57.6 Å². The Kier molecular flexibility index (Phi) is 6.85. The van der Waals surface area contributed by atoms with Crippen LogP contribution in [-0.2, 0) is 11.2 Å². The topological polar surface area (TPSA) is 58.4 Å². The van der Waals surface area contributed by atoms with Crippen LogP contribution >= 0.6 is 0 Å². The third kappa shape index (κ3) is 5.17. The summed E-state index contributed by atoms with van der Waals surface area (Å²) in [4.78, 5) is 29.6. The highest BCUT2D eigenvalue weighted by atomic mass is 19.1. The second-order valence-electron chi connectivity index (χ2n) is 9.86. The first-order valence-electron chi connectivity index (χ1n) is 12.5. The fourth-order valence-corrected chi connectivity index (χ4v) is 5.16. The summed E-state index contributed by atoms with van der Waals surface area (Å²) >= 11 is 0. The molecule has 1 aromatic heterocycles. The first-order valence-corrected chi connectivity index (χ1v) is 12.5. The summed E-state index contributed by atoms with van der Waals surface area (Å²) in [5.41, 5.74) is 1.91. The van der Waals surface area contributed by atoms with Gasteiger partial charge >= 0.3 is 0 Å². The molecule has 36 heavy (non-hydrogen) atoms. The zero-order valence-electron chi connectivity index (χ0n) is 20.3. The van der Waals surface area contributed by atoms with Gasteiger partial charge in [-0.2, -0.15) is 5.10 Å². The third-order valence-electron chi connectivity index (χ3n) is 7.47. The van der Waals surface area contributed by atoms with Crippen LogP contribution in [0.5, 0.6) is 0 Å². The molecule has 3 aromatic rings. The van der Waals surface area contributed by atoms with Gasteiger partial charge in [0.1, 0.15) is 11.6 Å². The number of likely N-dealkylation sites (tertiary alicyclic amines) is 1. The van der Waals surface area contributed by atoms with Gasteiger partial charge in [0.2, 0.25) is 5.91 Å². The fraction of sp³-hybridized carbons (Fsp3) is 0.393. The normalized spacial score (nSPS) is 17.1. The van der Waals surface area contributed by atoms with E-state index in [1.54, 1.807) is 22.8 Å². The van der Waals surface area contributed by atoms with Crippen LogP contribution in [0.3, 0.4) is 0 Å². The Balaban J connectivity index is 1.26. The van der Waals surface area contributed by atoms with Crippen LogP contribution in [0.15, 0.2) is 60.9 Å². The molecule has 0 spiro atoms.